The second-order valence-electron chi connectivity index (χ2n) is 8.41. The summed E-state index contributed by atoms with van der Waals surface area (Å²) in [6, 6.07) is 25.9. The summed E-state index contributed by atoms with van der Waals surface area (Å²) in [5, 5.41) is 2.98. The molecule has 0 unspecified atom stereocenters. The molecule has 3 aromatic carbocycles. The van der Waals surface area contributed by atoms with E-state index in [4.69, 9.17) is 0 Å². The molecule has 0 radical (unpaired) electrons. The lowest BCUT2D eigenvalue weighted by molar-refractivity contribution is -0.122. The second-order valence-corrected chi connectivity index (χ2v) is 10.4. The number of para-hydroxylation sites is 1. The molecule has 0 fully saturated rings. The lowest BCUT2D eigenvalue weighted by Crippen LogP contribution is -2.44. The number of carbonyl (C=O) groups excluding carboxylic acids is 2. The first-order valence-corrected chi connectivity index (χ1v) is 13.2. The second kappa shape index (κ2) is 12.2. The minimum atomic E-state index is -0.168. The van der Waals surface area contributed by atoms with Crippen molar-refractivity contribution >= 4 is 51.3 Å². The first-order chi connectivity index (χ1) is 17.0. The van der Waals surface area contributed by atoms with Gasteiger partial charge < -0.3 is 10.2 Å². The molecule has 1 aliphatic rings. The van der Waals surface area contributed by atoms with Gasteiger partial charge in [0.15, 0.2) is 0 Å². The number of thioether (sulfide) groups is 1. The number of amides is 2. The smallest absolute Gasteiger partial charge is 0.265 e. The average molecular weight is 551 g/mol. The van der Waals surface area contributed by atoms with Gasteiger partial charge in [-0.1, -0.05) is 82.3 Å². The van der Waals surface area contributed by atoms with Gasteiger partial charge in [0.1, 0.15) is 6.54 Å². The maximum atomic E-state index is 13.4. The minimum Gasteiger partial charge on any atom is -0.353 e. The Kier molecular flexibility index (Phi) is 8.79. The van der Waals surface area contributed by atoms with Crippen LogP contribution in [0.25, 0.3) is 6.08 Å². The summed E-state index contributed by atoms with van der Waals surface area (Å²) in [4.78, 5) is 31.5. The summed E-state index contributed by atoms with van der Waals surface area (Å²) in [6.07, 6.45) is 2.84. The van der Waals surface area contributed by atoms with Crippen molar-refractivity contribution in [3.05, 3.63) is 99.4 Å². The fourth-order valence-electron chi connectivity index (χ4n) is 3.83. The first-order valence-electron chi connectivity index (χ1n) is 11.5. The Morgan fingerprint density at radius 1 is 1.03 bits per heavy atom. The van der Waals surface area contributed by atoms with E-state index in [1.54, 1.807) is 4.90 Å². The number of hydrogen-bond acceptors (Lipinski definition) is 4. The molecular weight excluding hydrogens is 522 g/mol. The average Bonchev–Trinajstić information content (AvgIpc) is 2.86. The molecule has 0 atom stereocenters. The van der Waals surface area contributed by atoms with Crippen LogP contribution in [0.3, 0.4) is 0 Å². The number of carbonyl (C=O) groups is 2. The lowest BCUT2D eigenvalue weighted by Gasteiger charge is -2.30. The van der Waals surface area contributed by atoms with E-state index >= 15 is 0 Å². The number of hydrogen-bond donors (Lipinski definition) is 1. The van der Waals surface area contributed by atoms with Crippen molar-refractivity contribution in [1.29, 1.82) is 0 Å². The topological polar surface area (TPSA) is 52.7 Å². The summed E-state index contributed by atoms with van der Waals surface area (Å²) < 4.78 is 0.950. The van der Waals surface area contributed by atoms with Crippen LogP contribution >= 0.6 is 27.7 Å². The standard InChI is InChI=1S/C28H28BrN3O2S/c1-31(16-14-21-8-3-2-4-9-21)17-15-30-27(33)20-32-24-12-5-6-13-25(24)35-26(28(32)34)19-22-10-7-11-23(29)18-22/h2-13,18-19H,14-17,20H2,1H3,(H,30,33)/b26-19+. The summed E-state index contributed by atoms with van der Waals surface area (Å²) in [6.45, 7) is 2.18. The zero-order chi connectivity index (χ0) is 24.6. The predicted octanol–water partition coefficient (Wildman–Crippen LogP) is 5.22. The van der Waals surface area contributed by atoms with Gasteiger partial charge in [-0.15, -0.1) is 0 Å². The molecule has 35 heavy (non-hydrogen) atoms. The van der Waals surface area contributed by atoms with E-state index in [1.165, 1.54) is 17.3 Å². The number of rotatable bonds is 9. The van der Waals surface area contributed by atoms with Crippen molar-refractivity contribution in [1.82, 2.24) is 10.2 Å². The Labute approximate surface area is 219 Å². The van der Waals surface area contributed by atoms with Gasteiger partial charge in [-0.3, -0.25) is 14.5 Å². The highest BCUT2D eigenvalue weighted by Gasteiger charge is 2.30. The van der Waals surface area contributed by atoms with Crippen LogP contribution in [0, 0.1) is 0 Å². The SMILES string of the molecule is CN(CCNC(=O)CN1C(=O)/C(=C\c2cccc(Br)c2)Sc2ccccc21)CCc1ccccc1. The van der Waals surface area contributed by atoms with Crippen LogP contribution in [0.2, 0.25) is 0 Å². The van der Waals surface area contributed by atoms with E-state index in [2.05, 4.69) is 45.3 Å². The molecule has 2 amide bonds. The Balaban J connectivity index is 1.36. The van der Waals surface area contributed by atoms with Crippen LogP contribution in [0.4, 0.5) is 5.69 Å². The van der Waals surface area contributed by atoms with Gasteiger partial charge in [-0.25, -0.2) is 0 Å². The molecule has 0 saturated carbocycles. The molecule has 7 heteroatoms. The fraction of sp³-hybridized carbons (Fsp3) is 0.214. The van der Waals surface area contributed by atoms with Crippen molar-refractivity contribution in [2.45, 2.75) is 11.3 Å². The largest absolute Gasteiger partial charge is 0.353 e. The van der Waals surface area contributed by atoms with E-state index in [-0.39, 0.29) is 18.4 Å². The molecule has 3 aromatic rings. The maximum Gasteiger partial charge on any atom is 0.265 e. The number of benzene rings is 3. The summed E-state index contributed by atoms with van der Waals surface area (Å²) >= 11 is 4.92. The third kappa shape index (κ3) is 7.07. The molecular formula is C28H28BrN3O2S. The van der Waals surface area contributed by atoms with Gasteiger partial charge >= 0.3 is 0 Å². The summed E-state index contributed by atoms with van der Waals surface area (Å²) in [5.41, 5.74) is 3.00. The normalized spacial score (nSPS) is 14.3. The molecule has 180 valence electrons. The van der Waals surface area contributed by atoms with Crippen LogP contribution < -0.4 is 10.2 Å². The summed E-state index contributed by atoms with van der Waals surface area (Å²) in [5.74, 6) is -0.331. The number of halogens is 1. The monoisotopic (exact) mass is 549 g/mol. The molecule has 1 heterocycles. The third-order valence-electron chi connectivity index (χ3n) is 5.72. The van der Waals surface area contributed by atoms with Crippen LogP contribution in [-0.4, -0.2) is 49.9 Å². The Morgan fingerprint density at radius 2 is 1.80 bits per heavy atom. The highest BCUT2D eigenvalue weighted by Crippen LogP contribution is 2.41. The van der Waals surface area contributed by atoms with Crippen molar-refractivity contribution < 1.29 is 9.59 Å². The van der Waals surface area contributed by atoms with Crippen molar-refractivity contribution in [3.63, 3.8) is 0 Å². The van der Waals surface area contributed by atoms with Gasteiger partial charge in [0.05, 0.1) is 10.6 Å². The Morgan fingerprint density at radius 3 is 2.60 bits per heavy atom. The van der Waals surface area contributed by atoms with Crippen LogP contribution in [-0.2, 0) is 16.0 Å². The van der Waals surface area contributed by atoms with Crippen molar-refractivity contribution in [2.24, 2.45) is 0 Å². The number of anilines is 1. The molecule has 0 spiro atoms. The molecule has 1 N–H and O–H groups in total. The van der Waals surface area contributed by atoms with Crippen LogP contribution in [0.15, 0.2) is 93.1 Å². The van der Waals surface area contributed by atoms with E-state index in [0.29, 0.717) is 11.4 Å². The number of likely N-dealkylation sites (N-methyl/N-ethyl adjacent to an activating group) is 1. The van der Waals surface area contributed by atoms with Crippen molar-refractivity contribution in [3.8, 4) is 0 Å². The van der Waals surface area contributed by atoms with Gasteiger partial charge in [0.2, 0.25) is 5.91 Å². The van der Waals surface area contributed by atoms with Gasteiger partial charge in [-0.05, 0) is 54.9 Å². The molecule has 1 aliphatic heterocycles. The molecule has 5 nitrogen and oxygen atoms in total. The van der Waals surface area contributed by atoms with Gasteiger partial charge in [0, 0.05) is 29.0 Å². The predicted molar refractivity (Wildman–Crippen MR) is 147 cm³/mol. The minimum absolute atomic E-state index is 0.0139. The first kappa shape index (κ1) is 25.2. The highest BCUT2D eigenvalue weighted by molar-refractivity contribution is 9.10. The molecule has 0 aliphatic carbocycles. The van der Waals surface area contributed by atoms with Gasteiger partial charge in [-0.2, -0.15) is 0 Å². The van der Waals surface area contributed by atoms with Crippen LogP contribution in [0.1, 0.15) is 11.1 Å². The molecule has 0 bridgehead atoms. The molecule has 4 rings (SSSR count). The maximum absolute atomic E-state index is 13.4. The zero-order valence-electron chi connectivity index (χ0n) is 19.6. The number of fused-ring (bicyclic) bond motifs is 1. The van der Waals surface area contributed by atoms with E-state index in [0.717, 1.165) is 40.1 Å². The van der Waals surface area contributed by atoms with E-state index < -0.39 is 0 Å². The molecule has 0 aromatic heterocycles. The fourth-order valence-corrected chi connectivity index (χ4v) is 5.30. The van der Waals surface area contributed by atoms with Gasteiger partial charge in [0.25, 0.3) is 5.91 Å². The Hall–Kier alpha value is -2.87. The Bertz CT molecular complexity index is 1220. The summed E-state index contributed by atoms with van der Waals surface area (Å²) in [7, 11) is 2.05. The van der Waals surface area contributed by atoms with E-state index in [9.17, 15) is 9.59 Å². The quantitative estimate of drug-likeness (QED) is 0.372. The lowest BCUT2D eigenvalue weighted by atomic mass is 10.1. The number of nitrogens with one attached hydrogen (secondary N) is 1. The van der Waals surface area contributed by atoms with Crippen LogP contribution in [0.5, 0.6) is 0 Å². The third-order valence-corrected chi connectivity index (χ3v) is 7.29. The van der Waals surface area contributed by atoms with E-state index in [1.807, 2.05) is 72.8 Å². The number of nitrogens with zero attached hydrogens (tertiary/aromatic N) is 2. The highest BCUT2D eigenvalue weighted by atomic mass is 79.9. The van der Waals surface area contributed by atoms with Crippen molar-refractivity contribution in [2.75, 3.05) is 38.1 Å². The molecule has 0 saturated heterocycles. The zero-order valence-corrected chi connectivity index (χ0v) is 22.0.